The van der Waals surface area contributed by atoms with E-state index in [1.165, 1.54) is 6.07 Å². The molecule has 1 rings (SSSR count). The van der Waals surface area contributed by atoms with Crippen LogP contribution in [0.3, 0.4) is 0 Å². The second-order valence-corrected chi connectivity index (χ2v) is 4.74. The Morgan fingerprint density at radius 1 is 1.41 bits per heavy atom. The smallest absolute Gasteiger partial charge is 0.123 e. The first-order valence-electron chi connectivity index (χ1n) is 6.25. The van der Waals surface area contributed by atoms with E-state index >= 15 is 0 Å². The standard InChI is InChI=1S/C14H23FN2/c1-4-16-9-12(2)10-17(3)11-13-6-5-7-14(15)8-13/h5-8,12,16H,4,9-11H2,1-3H3. The molecule has 0 bridgehead atoms. The van der Waals surface area contributed by atoms with Crippen LogP contribution in [0.1, 0.15) is 19.4 Å². The third-order valence-electron chi connectivity index (χ3n) is 2.71. The first-order valence-corrected chi connectivity index (χ1v) is 6.25. The van der Waals surface area contributed by atoms with Crippen LogP contribution in [0.4, 0.5) is 4.39 Å². The maximum absolute atomic E-state index is 13.0. The SMILES string of the molecule is CCNCC(C)CN(C)Cc1cccc(F)c1. The predicted octanol–water partition coefficient (Wildman–Crippen LogP) is 2.50. The molecule has 0 aliphatic heterocycles. The van der Waals surface area contributed by atoms with E-state index in [1.54, 1.807) is 12.1 Å². The molecule has 0 saturated heterocycles. The molecule has 1 N–H and O–H groups in total. The Labute approximate surface area is 104 Å². The Hall–Kier alpha value is -0.930. The van der Waals surface area contributed by atoms with Crippen LogP contribution in [-0.4, -0.2) is 31.6 Å². The van der Waals surface area contributed by atoms with Crippen molar-refractivity contribution < 1.29 is 4.39 Å². The van der Waals surface area contributed by atoms with Crippen molar-refractivity contribution in [2.75, 3.05) is 26.7 Å². The average molecular weight is 238 g/mol. The zero-order valence-corrected chi connectivity index (χ0v) is 11.0. The molecule has 0 aliphatic carbocycles. The second kappa shape index (κ2) is 7.41. The summed E-state index contributed by atoms with van der Waals surface area (Å²) >= 11 is 0. The lowest BCUT2D eigenvalue weighted by Gasteiger charge is -2.21. The Balaban J connectivity index is 2.36. The molecule has 96 valence electrons. The van der Waals surface area contributed by atoms with Gasteiger partial charge in [0.1, 0.15) is 5.82 Å². The van der Waals surface area contributed by atoms with Crippen molar-refractivity contribution in [2.45, 2.75) is 20.4 Å². The fourth-order valence-corrected chi connectivity index (χ4v) is 2.00. The molecule has 0 spiro atoms. The molecule has 1 atom stereocenters. The molecule has 17 heavy (non-hydrogen) atoms. The number of hydrogen-bond donors (Lipinski definition) is 1. The highest BCUT2D eigenvalue weighted by atomic mass is 19.1. The van der Waals surface area contributed by atoms with Crippen LogP contribution in [-0.2, 0) is 6.54 Å². The molecule has 2 nitrogen and oxygen atoms in total. The van der Waals surface area contributed by atoms with Gasteiger partial charge in [-0.25, -0.2) is 4.39 Å². The molecule has 0 aliphatic rings. The minimum atomic E-state index is -0.156. The third kappa shape index (κ3) is 5.80. The normalized spacial score (nSPS) is 13.0. The molecule has 3 heteroatoms. The Morgan fingerprint density at radius 2 is 2.18 bits per heavy atom. The lowest BCUT2D eigenvalue weighted by atomic mass is 10.1. The second-order valence-electron chi connectivity index (χ2n) is 4.74. The maximum atomic E-state index is 13.0. The van der Waals surface area contributed by atoms with Gasteiger partial charge in [0.05, 0.1) is 0 Å². The van der Waals surface area contributed by atoms with E-state index in [0.717, 1.165) is 31.7 Å². The van der Waals surface area contributed by atoms with E-state index in [0.29, 0.717) is 5.92 Å². The summed E-state index contributed by atoms with van der Waals surface area (Å²) < 4.78 is 13.0. The highest BCUT2D eigenvalue weighted by Crippen LogP contribution is 2.07. The number of nitrogens with zero attached hydrogens (tertiary/aromatic N) is 1. The van der Waals surface area contributed by atoms with Crippen LogP contribution in [0, 0.1) is 11.7 Å². The lowest BCUT2D eigenvalue weighted by molar-refractivity contribution is 0.274. The average Bonchev–Trinajstić information content (AvgIpc) is 2.26. The lowest BCUT2D eigenvalue weighted by Crippen LogP contribution is -2.30. The summed E-state index contributed by atoms with van der Waals surface area (Å²) in [6, 6.07) is 6.82. The topological polar surface area (TPSA) is 15.3 Å². The molecule has 0 amide bonds. The van der Waals surface area contributed by atoms with Crippen LogP contribution in [0.25, 0.3) is 0 Å². The van der Waals surface area contributed by atoms with Gasteiger partial charge in [0.25, 0.3) is 0 Å². The quantitative estimate of drug-likeness (QED) is 0.785. The number of rotatable bonds is 7. The monoisotopic (exact) mass is 238 g/mol. The summed E-state index contributed by atoms with van der Waals surface area (Å²) in [4.78, 5) is 2.23. The molecule has 1 aromatic carbocycles. The van der Waals surface area contributed by atoms with Crippen molar-refractivity contribution in [3.05, 3.63) is 35.6 Å². The highest BCUT2D eigenvalue weighted by Gasteiger charge is 2.06. The van der Waals surface area contributed by atoms with Gasteiger partial charge in [0.2, 0.25) is 0 Å². The minimum Gasteiger partial charge on any atom is -0.317 e. The van der Waals surface area contributed by atoms with E-state index in [2.05, 4.69) is 31.1 Å². The summed E-state index contributed by atoms with van der Waals surface area (Å²) in [6.45, 7) is 8.20. The van der Waals surface area contributed by atoms with Gasteiger partial charge < -0.3 is 10.2 Å². The van der Waals surface area contributed by atoms with Crippen LogP contribution >= 0.6 is 0 Å². The first kappa shape index (κ1) is 14.1. The summed E-state index contributed by atoms with van der Waals surface area (Å²) in [6.07, 6.45) is 0. The zero-order valence-electron chi connectivity index (χ0n) is 11.0. The summed E-state index contributed by atoms with van der Waals surface area (Å²) in [5, 5.41) is 3.34. The fraction of sp³-hybridized carbons (Fsp3) is 0.571. The fourth-order valence-electron chi connectivity index (χ4n) is 2.00. The molecule has 0 radical (unpaired) electrons. The van der Waals surface area contributed by atoms with E-state index in [1.807, 2.05) is 6.07 Å². The van der Waals surface area contributed by atoms with E-state index < -0.39 is 0 Å². The van der Waals surface area contributed by atoms with Gasteiger partial charge >= 0.3 is 0 Å². The van der Waals surface area contributed by atoms with Crippen molar-refractivity contribution >= 4 is 0 Å². The summed E-state index contributed by atoms with van der Waals surface area (Å²) in [5.74, 6) is 0.449. The molecule has 0 aromatic heterocycles. The molecule has 1 unspecified atom stereocenters. The van der Waals surface area contributed by atoms with Crippen molar-refractivity contribution in [2.24, 2.45) is 5.92 Å². The molecule has 1 aromatic rings. The van der Waals surface area contributed by atoms with Gasteiger partial charge in [-0.05, 0) is 43.8 Å². The van der Waals surface area contributed by atoms with Gasteiger partial charge in [0, 0.05) is 13.1 Å². The van der Waals surface area contributed by atoms with Crippen molar-refractivity contribution in [1.29, 1.82) is 0 Å². The molecule has 0 saturated carbocycles. The minimum absolute atomic E-state index is 0.156. The van der Waals surface area contributed by atoms with Crippen LogP contribution in [0.2, 0.25) is 0 Å². The van der Waals surface area contributed by atoms with Crippen molar-refractivity contribution in [1.82, 2.24) is 10.2 Å². The van der Waals surface area contributed by atoms with E-state index in [-0.39, 0.29) is 5.82 Å². The van der Waals surface area contributed by atoms with Gasteiger partial charge in [-0.2, -0.15) is 0 Å². The Kier molecular flexibility index (Phi) is 6.16. The van der Waals surface area contributed by atoms with Crippen LogP contribution < -0.4 is 5.32 Å². The Morgan fingerprint density at radius 3 is 2.82 bits per heavy atom. The molecular weight excluding hydrogens is 215 g/mol. The predicted molar refractivity (Wildman–Crippen MR) is 70.4 cm³/mol. The number of hydrogen-bond acceptors (Lipinski definition) is 2. The van der Waals surface area contributed by atoms with Crippen molar-refractivity contribution in [3.8, 4) is 0 Å². The maximum Gasteiger partial charge on any atom is 0.123 e. The van der Waals surface area contributed by atoms with Gasteiger partial charge in [-0.1, -0.05) is 26.0 Å². The van der Waals surface area contributed by atoms with Crippen LogP contribution in [0.15, 0.2) is 24.3 Å². The van der Waals surface area contributed by atoms with Crippen LogP contribution in [0.5, 0.6) is 0 Å². The molecule has 0 fully saturated rings. The highest BCUT2D eigenvalue weighted by molar-refractivity contribution is 5.15. The molecule has 0 heterocycles. The summed E-state index contributed by atoms with van der Waals surface area (Å²) in [5.41, 5.74) is 1.03. The first-order chi connectivity index (χ1) is 8.11. The van der Waals surface area contributed by atoms with E-state index in [9.17, 15) is 4.39 Å². The van der Waals surface area contributed by atoms with Crippen molar-refractivity contribution in [3.63, 3.8) is 0 Å². The number of benzene rings is 1. The zero-order chi connectivity index (χ0) is 12.7. The van der Waals surface area contributed by atoms with Gasteiger partial charge in [-0.3, -0.25) is 0 Å². The largest absolute Gasteiger partial charge is 0.317 e. The number of halogens is 1. The van der Waals surface area contributed by atoms with Gasteiger partial charge in [-0.15, -0.1) is 0 Å². The Bertz CT molecular complexity index is 328. The molecular formula is C14H23FN2. The summed E-state index contributed by atoms with van der Waals surface area (Å²) in [7, 11) is 2.08. The number of nitrogens with one attached hydrogen (secondary N) is 1. The third-order valence-corrected chi connectivity index (χ3v) is 2.71. The van der Waals surface area contributed by atoms with Gasteiger partial charge in [0.15, 0.2) is 0 Å². The van der Waals surface area contributed by atoms with E-state index in [4.69, 9.17) is 0 Å².